The third kappa shape index (κ3) is 3.91. The zero-order chi connectivity index (χ0) is 23.1. The van der Waals surface area contributed by atoms with Crippen LogP contribution in [0.25, 0.3) is 0 Å². The molecule has 33 heavy (non-hydrogen) atoms. The first-order chi connectivity index (χ1) is 16.0. The molecule has 3 amide bonds. The zero-order valence-electron chi connectivity index (χ0n) is 19.2. The number of imide groups is 1. The Bertz CT molecular complexity index is 1130. The molecule has 5 rings (SSSR count). The summed E-state index contributed by atoms with van der Waals surface area (Å²) in [5, 5.41) is 5.60. The third-order valence-electron chi connectivity index (χ3n) is 7.22. The van der Waals surface area contributed by atoms with Gasteiger partial charge in [-0.25, -0.2) is 0 Å². The number of nitrogens with one attached hydrogen (secondary N) is 2. The van der Waals surface area contributed by atoms with Crippen molar-refractivity contribution >= 4 is 23.4 Å². The maximum absolute atomic E-state index is 13.2. The second kappa shape index (κ2) is 8.63. The predicted octanol–water partition coefficient (Wildman–Crippen LogP) is 2.51. The van der Waals surface area contributed by atoms with E-state index in [-0.39, 0.29) is 24.1 Å². The lowest BCUT2D eigenvalue weighted by Gasteiger charge is -2.38. The largest absolute Gasteiger partial charge is 0.364 e. The van der Waals surface area contributed by atoms with Crippen LogP contribution < -0.4 is 15.5 Å². The van der Waals surface area contributed by atoms with E-state index in [1.165, 1.54) is 16.8 Å². The number of anilines is 1. The molecule has 3 aliphatic rings. The van der Waals surface area contributed by atoms with E-state index >= 15 is 0 Å². The van der Waals surface area contributed by atoms with E-state index in [4.69, 9.17) is 0 Å². The summed E-state index contributed by atoms with van der Waals surface area (Å²) in [6, 6.07) is 12.4. The van der Waals surface area contributed by atoms with Crippen LogP contribution in [0.1, 0.15) is 58.8 Å². The van der Waals surface area contributed by atoms with Crippen LogP contribution >= 0.6 is 0 Å². The van der Waals surface area contributed by atoms with Gasteiger partial charge in [0, 0.05) is 43.3 Å². The normalized spacial score (nSPS) is 22.3. The van der Waals surface area contributed by atoms with Crippen molar-refractivity contribution in [2.24, 2.45) is 0 Å². The molecule has 172 valence electrons. The van der Waals surface area contributed by atoms with Crippen LogP contribution in [0.3, 0.4) is 0 Å². The summed E-state index contributed by atoms with van der Waals surface area (Å²) in [5.74, 6) is -0.758. The van der Waals surface area contributed by atoms with Crippen molar-refractivity contribution < 1.29 is 14.4 Å². The lowest BCUT2D eigenvalue weighted by Crippen LogP contribution is -2.52. The standard InChI is InChI=1S/C26H30N4O3/c1-16-6-8-18-12-17(13-27-2)7-9-22(18)29(16)14-19-4-3-5-20-21(19)15-30(26(20)33)23-10-11-24(31)28-25(23)32/h3-5,7,9,12,16,23,27H,6,8,10-11,13-15H2,1-2H3,(H,28,31,32). The summed E-state index contributed by atoms with van der Waals surface area (Å²) in [6.45, 7) is 4.24. The Hall–Kier alpha value is -3.19. The van der Waals surface area contributed by atoms with Gasteiger partial charge in [-0.3, -0.25) is 19.7 Å². The Morgan fingerprint density at radius 2 is 1.94 bits per heavy atom. The van der Waals surface area contributed by atoms with Gasteiger partial charge in [0.05, 0.1) is 0 Å². The zero-order valence-corrected chi connectivity index (χ0v) is 19.2. The highest BCUT2D eigenvalue weighted by Gasteiger charge is 2.40. The van der Waals surface area contributed by atoms with Gasteiger partial charge in [0.25, 0.3) is 5.91 Å². The van der Waals surface area contributed by atoms with Crippen LogP contribution in [0.5, 0.6) is 0 Å². The molecule has 3 aliphatic heterocycles. The lowest BCUT2D eigenvalue weighted by molar-refractivity contribution is -0.136. The Kier molecular flexibility index (Phi) is 5.66. The Balaban J connectivity index is 1.42. The molecule has 2 atom stereocenters. The predicted molar refractivity (Wildman–Crippen MR) is 126 cm³/mol. The molecule has 0 aromatic heterocycles. The van der Waals surface area contributed by atoms with Crippen LogP contribution in [-0.2, 0) is 35.6 Å². The second-order valence-electron chi connectivity index (χ2n) is 9.35. The van der Waals surface area contributed by atoms with Crippen molar-refractivity contribution in [3.8, 4) is 0 Å². The van der Waals surface area contributed by atoms with Crippen molar-refractivity contribution in [1.82, 2.24) is 15.5 Å². The SMILES string of the molecule is CNCc1ccc2c(c1)CCC(C)N2Cc1cccc2c1CN(C1CCC(=O)NC1=O)C2=O. The van der Waals surface area contributed by atoms with Crippen LogP contribution in [0, 0.1) is 0 Å². The summed E-state index contributed by atoms with van der Waals surface area (Å²) < 4.78 is 0. The van der Waals surface area contributed by atoms with Crippen LogP contribution in [0.15, 0.2) is 36.4 Å². The molecule has 7 heteroatoms. The molecule has 0 radical (unpaired) electrons. The summed E-state index contributed by atoms with van der Waals surface area (Å²) >= 11 is 0. The van der Waals surface area contributed by atoms with Crippen molar-refractivity contribution in [3.05, 3.63) is 64.2 Å². The molecule has 2 aromatic carbocycles. The lowest BCUT2D eigenvalue weighted by atomic mass is 9.93. The molecule has 0 saturated carbocycles. The average Bonchev–Trinajstić information content (AvgIpc) is 3.13. The highest BCUT2D eigenvalue weighted by atomic mass is 16.2. The number of benzene rings is 2. The number of aryl methyl sites for hydroxylation is 1. The molecule has 0 bridgehead atoms. The highest BCUT2D eigenvalue weighted by molar-refractivity contribution is 6.05. The molecule has 7 nitrogen and oxygen atoms in total. The van der Waals surface area contributed by atoms with Gasteiger partial charge in [0.2, 0.25) is 11.8 Å². The van der Waals surface area contributed by atoms with Crippen LogP contribution in [0.2, 0.25) is 0 Å². The molecular weight excluding hydrogens is 416 g/mol. The van der Waals surface area contributed by atoms with E-state index in [1.807, 2.05) is 19.2 Å². The third-order valence-corrected chi connectivity index (χ3v) is 7.22. The molecule has 2 aromatic rings. The van der Waals surface area contributed by atoms with E-state index in [1.54, 1.807) is 4.90 Å². The maximum Gasteiger partial charge on any atom is 0.255 e. The number of hydrogen-bond donors (Lipinski definition) is 2. The molecule has 2 N–H and O–H groups in total. The van der Waals surface area contributed by atoms with Crippen LogP contribution in [-0.4, -0.2) is 41.8 Å². The Morgan fingerprint density at radius 1 is 1.09 bits per heavy atom. The number of rotatable bonds is 5. The van der Waals surface area contributed by atoms with Crippen LogP contribution in [0.4, 0.5) is 5.69 Å². The van der Waals surface area contributed by atoms with E-state index < -0.39 is 6.04 Å². The van der Waals surface area contributed by atoms with Gasteiger partial charge in [-0.05, 0) is 67.6 Å². The fourth-order valence-electron chi connectivity index (χ4n) is 5.41. The smallest absolute Gasteiger partial charge is 0.255 e. The summed E-state index contributed by atoms with van der Waals surface area (Å²) in [5.41, 5.74) is 6.71. The number of carbonyl (C=O) groups is 3. The van der Waals surface area contributed by atoms with Gasteiger partial charge in [-0.15, -0.1) is 0 Å². The number of carbonyl (C=O) groups excluding carboxylic acids is 3. The summed E-state index contributed by atoms with van der Waals surface area (Å²) in [7, 11) is 1.96. The summed E-state index contributed by atoms with van der Waals surface area (Å²) in [6.07, 6.45) is 2.80. The van der Waals surface area contributed by atoms with Crippen molar-refractivity contribution in [1.29, 1.82) is 0 Å². The van der Waals surface area contributed by atoms with Gasteiger partial charge in [-0.2, -0.15) is 0 Å². The van der Waals surface area contributed by atoms with E-state index in [9.17, 15) is 14.4 Å². The molecule has 0 aliphatic carbocycles. The number of piperidine rings is 1. The van der Waals surface area contributed by atoms with Gasteiger partial charge >= 0.3 is 0 Å². The molecule has 1 saturated heterocycles. The second-order valence-corrected chi connectivity index (χ2v) is 9.35. The minimum Gasteiger partial charge on any atom is -0.364 e. The fourth-order valence-corrected chi connectivity index (χ4v) is 5.41. The molecule has 0 spiro atoms. The quantitative estimate of drug-likeness (QED) is 0.690. The first-order valence-corrected chi connectivity index (χ1v) is 11.7. The van der Waals surface area contributed by atoms with E-state index in [0.717, 1.165) is 37.1 Å². The number of hydrogen-bond acceptors (Lipinski definition) is 5. The highest BCUT2D eigenvalue weighted by Crippen LogP contribution is 2.35. The molecule has 3 heterocycles. The molecule has 2 unspecified atom stereocenters. The minimum atomic E-state index is -0.587. The molecular formula is C26H30N4O3. The van der Waals surface area contributed by atoms with Gasteiger partial charge in [0.1, 0.15) is 6.04 Å². The monoisotopic (exact) mass is 446 g/mol. The summed E-state index contributed by atoms with van der Waals surface area (Å²) in [4.78, 5) is 41.2. The van der Waals surface area contributed by atoms with Gasteiger partial charge in [-0.1, -0.05) is 24.3 Å². The first-order valence-electron chi connectivity index (χ1n) is 11.7. The number of amides is 3. The minimum absolute atomic E-state index is 0.120. The average molecular weight is 447 g/mol. The van der Waals surface area contributed by atoms with Crippen molar-refractivity contribution in [2.75, 3.05) is 11.9 Å². The fraction of sp³-hybridized carbons (Fsp3) is 0.423. The topological polar surface area (TPSA) is 81.8 Å². The van der Waals surface area contributed by atoms with Gasteiger partial charge in [0.15, 0.2) is 0 Å². The number of fused-ring (bicyclic) bond motifs is 2. The van der Waals surface area contributed by atoms with E-state index in [0.29, 0.717) is 24.6 Å². The Morgan fingerprint density at radius 3 is 2.73 bits per heavy atom. The van der Waals surface area contributed by atoms with Crippen molar-refractivity contribution in [3.63, 3.8) is 0 Å². The number of nitrogens with zero attached hydrogens (tertiary/aromatic N) is 2. The van der Waals surface area contributed by atoms with Gasteiger partial charge < -0.3 is 15.1 Å². The maximum atomic E-state index is 13.2. The van der Waals surface area contributed by atoms with Crippen molar-refractivity contribution in [2.45, 2.75) is 64.3 Å². The van der Waals surface area contributed by atoms with E-state index in [2.05, 4.69) is 46.7 Å². The Labute approximate surface area is 194 Å². The first kappa shape index (κ1) is 21.6. The molecule has 1 fully saturated rings.